The van der Waals surface area contributed by atoms with Gasteiger partial charge in [-0.1, -0.05) is 58.4 Å². The van der Waals surface area contributed by atoms with Crippen molar-refractivity contribution in [2.45, 2.75) is 12.8 Å². The monoisotopic (exact) mass is 339 g/mol. The highest BCUT2D eigenvalue weighted by Crippen LogP contribution is 2.12. The number of aromatic nitrogens is 1. The van der Waals surface area contributed by atoms with Gasteiger partial charge in [-0.15, -0.1) is 0 Å². The van der Waals surface area contributed by atoms with Crippen LogP contribution in [0, 0.1) is 0 Å². The Morgan fingerprint density at radius 2 is 2.00 bits per heavy atom. The minimum absolute atomic E-state index is 0.713. The molecular weight excluding hydrogens is 326 g/mol. The highest BCUT2D eigenvalue weighted by Gasteiger charge is 2.08. The van der Waals surface area contributed by atoms with Gasteiger partial charge in [-0.2, -0.15) is 0 Å². The summed E-state index contributed by atoms with van der Waals surface area (Å²) in [6, 6.07) is 10.1. The Kier molecular flexibility index (Phi) is 4.11. The van der Waals surface area contributed by atoms with E-state index in [4.69, 9.17) is 0 Å². The topological polar surface area (TPSA) is 30.0 Å². The van der Waals surface area contributed by atoms with Crippen molar-refractivity contribution in [1.29, 1.82) is 0 Å². The number of rotatable bonds is 3. The van der Waals surface area contributed by atoms with Crippen LogP contribution in [0.2, 0.25) is 0 Å². The van der Waals surface area contributed by atoms with Crippen molar-refractivity contribution in [1.82, 2.24) is 4.98 Å². The van der Waals surface area contributed by atoms with Gasteiger partial charge in [0.15, 0.2) is 6.29 Å². The van der Waals surface area contributed by atoms with Gasteiger partial charge in [0, 0.05) is 21.5 Å². The maximum Gasteiger partial charge on any atom is 0.151 e. The van der Waals surface area contributed by atoms with Gasteiger partial charge in [-0.3, -0.25) is 9.78 Å². The molecule has 0 radical (unpaired) electrons. The van der Waals surface area contributed by atoms with Crippen LogP contribution in [0.4, 0.5) is 0 Å². The maximum atomic E-state index is 11.6. The Balaban J connectivity index is 2.16. The molecule has 21 heavy (non-hydrogen) atoms. The Morgan fingerprint density at radius 3 is 2.76 bits per heavy atom. The summed E-state index contributed by atoms with van der Waals surface area (Å²) in [6.07, 6.45) is 10.4. The van der Waals surface area contributed by atoms with E-state index in [9.17, 15) is 4.79 Å². The van der Waals surface area contributed by atoms with Gasteiger partial charge in [0.25, 0.3) is 0 Å². The van der Waals surface area contributed by atoms with Gasteiger partial charge >= 0.3 is 0 Å². The minimum atomic E-state index is 0.713. The molecular formula is C18H14BrNO. The lowest BCUT2D eigenvalue weighted by Gasteiger charge is -2.06. The highest BCUT2D eigenvalue weighted by atomic mass is 79.9. The molecule has 3 rings (SSSR count). The lowest BCUT2D eigenvalue weighted by molar-refractivity contribution is 0.112. The molecule has 104 valence electrons. The predicted molar refractivity (Wildman–Crippen MR) is 88.7 cm³/mol. The van der Waals surface area contributed by atoms with Crippen molar-refractivity contribution >= 4 is 34.4 Å². The number of hydrogen-bond acceptors (Lipinski definition) is 2. The first-order valence-electron chi connectivity index (χ1n) is 6.82. The third kappa shape index (κ3) is 3.03. The predicted octanol–water partition coefficient (Wildman–Crippen LogP) is 2.73. The first-order valence-corrected chi connectivity index (χ1v) is 7.62. The Bertz CT molecular complexity index is 822. The fourth-order valence-electron chi connectivity index (χ4n) is 2.49. The molecule has 1 aromatic carbocycles. The first kappa shape index (κ1) is 14.0. The molecule has 2 aromatic rings. The average molecular weight is 340 g/mol. The van der Waals surface area contributed by atoms with Crippen LogP contribution < -0.4 is 10.6 Å². The van der Waals surface area contributed by atoms with Crippen molar-refractivity contribution in [2.24, 2.45) is 0 Å². The third-order valence-electron chi connectivity index (χ3n) is 3.53. The van der Waals surface area contributed by atoms with E-state index in [1.54, 1.807) is 0 Å². The zero-order chi connectivity index (χ0) is 14.7. The molecule has 0 saturated carbocycles. The Morgan fingerprint density at radius 1 is 1.19 bits per heavy atom. The van der Waals surface area contributed by atoms with E-state index in [0.29, 0.717) is 6.42 Å². The van der Waals surface area contributed by atoms with Gasteiger partial charge in [0.2, 0.25) is 0 Å². The van der Waals surface area contributed by atoms with Crippen LogP contribution >= 0.6 is 15.9 Å². The molecule has 1 heterocycles. The van der Waals surface area contributed by atoms with Crippen LogP contribution in [0.25, 0.3) is 12.2 Å². The van der Waals surface area contributed by atoms with Gasteiger partial charge in [-0.05, 0) is 30.0 Å². The number of fused-ring (bicyclic) bond motifs is 1. The minimum Gasteiger partial charge on any atom is -0.298 e. The van der Waals surface area contributed by atoms with Crippen LogP contribution in [0.5, 0.6) is 0 Å². The van der Waals surface area contributed by atoms with Crippen molar-refractivity contribution in [3.8, 4) is 0 Å². The van der Waals surface area contributed by atoms with Gasteiger partial charge in [0.05, 0.1) is 5.35 Å². The van der Waals surface area contributed by atoms with Gasteiger partial charge < -0.3 is 0 Å². The smallest absolute Gasteiger partial charge is 0.151 e. The van der Waals surface area contributed by atoms with E-state index in [2.05, 4.69) is 39.1 Å². The summed E-state index contributed by atoms with van der Waals surface area (Å²) >= 11 is 3.50. The summed E-state index contributed by atoms with van der Waals surface area (Å²) in [4.78, 5) is 16.1. The molecule has 0 unspecified atom stereocenters. The lowest BCUT2D eigenvalue weighted by atomic mass is 10.0. The second-order valence-corrected chi connectivity index (χ2v) is 5.87. The molecule has 0 fully saturated rings. The Hall–Kier alpha value is -2.00. The molecule has 1 aromatic heterocycles. The second-order valence-electron chi connectivity index (χ2n) is 4.95. The molecule has 0 atom stereocenters. The summed E-state index contributed by atoms with van der Waals surface area (Å²) in [7, 11) is 0. The molecule has 3 heteroatoms. The molecule has 0 spiro atoms. The van der Waals surface area contributed by atoms with Crippen LogP contribution in [0.15, 0.2) is 47.1 Å². The quantitative estimate of drug-likeness (QED) is 0.805. The molecule has 0 N–H and O–H groups in total. The van der Waals surface area contributed by atoms with E-state index in [1.807, 2.05) is 36.5 Å². The number of benzene rings is 1. The zero-order valence-corrected chi connectivity index (χ0v) is 13.0. The molecule has 0 aliphatic heterocycles. The van der Waals surface area contributed by atoms with Crippen LogP contribution in [0.3, 0.4) is 0 Å². The largest absolute Gasteiger partial charge is 0.298 e. The van der Waals surface area contributed by atoms with E-state index in [-0.39, 0.29) is 0 Å². The van der Waals surface area contributed by atoms with Crippen molar-refractivity contribution in [3.63, 3.8) is 0 Å². The van der Waals surface area contributed by atoms with E-state index in [0.717, 1.165) is 38.9 Å². The van der Waals surface area contributed by atoms with Gasteiger partial charge in [0.1, 0.15) is 0 Å². The second kappa shape index (κ2) is 6.19. The highest BCUT2D eigenvalue weighted by molar-refractivity contribution is 9.12. The fraction of sp³-hybridized carbons (Fsp3) is 0.111. The first-order chi connectivity index (χ1) is 10.3. The number of pyridine rings is 1. The molecule has 1 aliphatic rings. The summed E-state index contributed by atoms with van der Waals surface area (Å²) in [5, 5.41) is 1.78. The van der Waals surface area contributed by atoms with E-state index < -0.39 is 0 Å². The van der Waals surface area contributed by atoms with E-state index >= 15 is 0 Å². The number of aldehydes is 1. The SMILES string of the molecule is O=Cc1c(Cc2ccccc2)cnc2c1=CC(Br)=CCC=2. The third-order valence-corrected chi connectivity index (χ3v) is 4.09. The summed E-state index contributed by atoms with van der Waals surface area (Å²) in [5.74, 6) is 0. The van der Waals surface area contributed by atoms with Crippen molar-refractivity contribution in [2.75, 3.05) is 0 Å². The van der Waals surface area contributed by atoms with E-state index in [1.165, 1.54) is 5.56 Å². The lowest BCUT2D eigenvalue weighted by Crippen LogP contribution is -2.32. The summed E-state index contributed by atoms with van der Waals surface area (Å²) in [6.45, 7) is 0. The molecule has 0 saturated heterocycles. The van der Waals surface area contributed by atoms with Gasteiger partial charge in [-0.25, -0.2) is 0 Å². The molecule has 2 nitrogen and oxygen atoms in total. The Labute approximate surface area is 131 Å². The van der Waals surface area contributed by atoms with Crippen molar-refractivity contribution in [3.05, 3.63) is 74.3 Å². The normalized spacial score (nSPS) is 13.3. The zero-order valence-electron chi connectivity index (χ0n) is 11.4. The number of allylic oxidation sites excluding steroid dienone is 2. The number of nitrogens with zero attached hydrogens (tertiary/aromatic N) is 1. The average Bonchev–Trinajstić information content (AvgIpc) is 2.69. The summed E-state index contributed by atoms with van der Waals surface area (Å²) in [5.41, 5.74) is 2.86. The fourth-order valence-corrected chi connectivity index (χ4v) is 2.90. The molecule has 0 bridgehead atoms. The number of halogens is 1. The van der Waals surface area contributed by atoms with Crippen molar-refractivity contribution < 1.29 is 4.79 Å². The standard InChI is InChI=1S/C18H14BrNO/c19-15-7-4-8-18-16(10-15)17(12-21)14(11-20-18)9-13-5-2-1-3-6-13/h1-3,5-8,10-12H,4,9H2. The van der Waals surface area contributed by atoms with Crippen LogP contribution in [-0.4, -0.2) is 11.3 Å². The maximum absolute atomic E-state index is 11.6. The summed E-state index contributed by atoms with van der Waals surface area (Å²) < 4.78 is 0.985. The van der Waals surface area contributed by atoms with Crippen LogP contribution in [0.1, 0.15) is 27.9 Å². The molecule has 0 amide bonds. The van der Waals surface area contributed by atoms with Crippen LogP contribution in [-0.2, 0) is 6.42 Å². The number of carbonyl (C=O) groups is 1. The molecule has 1 aliphatic carbocycles. The number of carbonyl (C=O) groups excluding carboxylic acids is 1. The number of hydrogen-bond donors (Lipinski definition) is 0.